The summed E-state index contributed by atoms with van der Waals surface area (Å²) in [6, 6.07) is 21.0. The molecule has 8 saturated carbocycles. The minimum atomic E-state index is 0.484. The summed E-state index contributed by atoms with van der Waals surface area (Å²) in [5.41, 5.74) is 6.41. The molecule has 0 spiro atoms. The van der Waals surface area contributed by atoms with Crippen molar-refractivity contribution in [3.63, 3.8) is 0 Å². The van der Waals surface area contributed by atoms with Crippen LogP contribution in [0.15, 0.2) is 48.5 Å². The van der Waals surface area contributed by atoms with E-state index in [4.69, 9.17) is 0 Å². The van der Waals surface area contributed by atoms with E-state index in [0.29, 0.717) is 12.0 Å². The zero-order chi connectivity index (χ0) is 24.8. The van der Waals surface area contributed by atoms with Gasteiger partial charge in [-0.2, -0.15) is 0 Å². The summed E-state index contributed by atoms with van der Waals surface area (Å²) < 4.78 is 0. The molecule has 38 heavy (non-hydrogen) atoms. The van der Waals surface area contributed by atoms with Crippen molar-refractivity contribution in [1.29, 1.82) is 0 Å². The van der Waals surface area contributed by atoms with Crippen molar-refractivity contribution in [3.05, 3.63) is 70.8 Å². The van der Waals surface area contributed by atoms with Crippen LogP contribution in [0, 0.1) is 47.3 Å². The molecule has 1 N–H and O–H groups in total. The van der Waals surface area contributed by atoms with E-state index in [0.717, 1.165) is 59.2 Å². The number of benzene rings is 2. The topological polar surface area (TPSA) is 12.0 Å². The number of hydrogen-bond donors (Lipinski definition) is 1. The second-order valence-corrected chi connectivity index (χ2v) is 15.4. The molecule has 0 radical (unpaired) electrons. The predicted molar refractivity (Wildman–Crippen MR) is 155 cm³/mol. The Hall–Kier alpha value is -1.60. The first-order chi connectivity index (χ1) is 18.7. The third-order valence-electron chi connectivity index (χ3n) is 13.3. The molecule has 1 heteroatoms. The molecule has 9 fully saturated rings. The number of rotatable bonds is 5. The van der Waals surface area contributed by atoms with Crippen LogP contribution in [0.25, 0.3) is 0 Å². The SMILES string of the molecule is c1cc(C(c2ccc(C3C4CC5CC(C4)CC3C5)cc2)[C@@H]2CCCN2)ccc1C1C2CC3CC(C2)CC1C3. The van der Waals surface area contributed by atoms with E-state index in [1.807, 2.05) is 0 Å². The molecule has 8 aliphatic carbocycles. The van der Waals surface area contributed by atoms with Crippen molar-refractivity contribution in [2.24, 2.45) is 47.3 Å². The molecule has 2 aromatic carbocycles. The molecule has 1 saturated heterocycles. The minimum Gasteiger partial charge on any atom is -0.313 e. The van der Waals surface area contributed by atoms with E-state index in [-0.39, 0.29) is 0 Å². The smallest absolute Gasteiger partial charge is 0.0243 e. The fourth-order valence-corrected chi connectivity index (χ4v) is 12.4. The Morgan fingerprint density at radius 3 is 1.24 bits per heavy atom. The monoisotopic (exact) mass is 505 g/mol. The Bertz CT molecular complexity index is 1010. The van der Waals surface area contributed by atoms with Gasteiger partial charge in [0, 0.05) is 12.0 Å². The molecule has 200 valence electrons. The summed E-state index contributed by atoms with van der Waals surface area (Å²) in [6.07, 6.45) is 17.9. The Morgan fingerprint density at radius 1 is 0.500 bits per heavy atom. The standard InChI is InChI=1S/C37H47N/c1-2-34(38-11-1)37(28-7-3-26(4-8-28)35-30-14-22-12-23(16-30)17-31(35)15-22)29-9-5-27(6-10-29)36-32-18-24-13-25(20-32)21-33(36)19-24/h3-10,22-25,30-38H,1-2,11-21H2/t22?,23?,24?,25?,30?,31?,32?,33?,34-,35?,36?,37?/m0/s1. The fraction of sp³-hybridized carbons (Fsp3) is 0.676. The van der Waals surface area contributed by atoms with Gasteiger partial charge in [0.15, 0.2) is 0 Å². The van der Waals surface area contributed by atoms with Gasteiger partial charge < -0.3 is 5.32 Å². The van der Waals surface area contributed by atoms with E-state index in [1.165, 1.54) is 70.8 Å². The lowest BCUT2D eigenvalue weighted by Gasteiger charge is -2.54. The van der Waals surface area contributed by atoms with Crippen LogP contribution in [0.5, 0.6) is 0 Å². The van der Waals surface area contributed by atoms with Crippen molar-refractivity contribution < 1.29 is 0 Å². The normalized spacial score (nSPS) is 45.1. The average Bonchev–Trinajstić information content (AvgIpc) is 3.44. The predicted octanol–water partition coefficient (Wildman–Crippen LogP) is 8.65. The average molecular weight is 506 g/mol. The Labute approximate surface area is 230 Å². The highest BCUT2D eigenvalue weighted by atomic mass is 14.9. The molecule has 0 unspecified atom stereocenters. The summed E-state index contributed by atoms with van der Waals surface area (Å²) in [4.78, 5) is 0. The van der Waals surface area contributed by atoms with Crippen LogP contribution >= 0.6 is 0 Å². The summed E-state index contributed by atoms with van der Waals surface area (Å²) >= 11 is 0. The van der Waals surface area contributed by atoms with Gasteiger partial charge in [0.1, 0.15) is 0 Å². The lowest BCUT2D eigenvalue weighted by atomic mass is 9.50. The first-order valence-electron chi connectivity index (χ1n) is 16.7. The summed E-state index contributed by atoms with van der Waals surface area (Å²) in [5.74, 6) is 10.3. The summed E-state index contributed by atoms with van der Waals surface area (Å²) in [5, 5.41) is 3.89. The molecule has 1 nitrogen and oxygen atoms in total. The summed E-state index contributed by atoms with van der Waals surface area (Å²) in [6.45, 7) is 1.18. The van der Waals surface area contributed by atoms with E-state index >= 15 is 0 Å². The minimum absolute atomic E-state index is 0.484. The highest BCUT2D eigenvalue weighted by molar-refractivity contribution is 5.40. The van der Waals surface area contributed by atoms with Crippen molar-refractivity contribution in [1.82, 2.24) is 5.32 Å². The van der Waals surface area contributed by atoms with E-state index in [1.54, 1.807) is 35.1 Å². The van der Waals surface area contributed by atoms with Crippen LogP contribution in [0.2, 0.25) is 0 Å². The molecule has 1 aliphatic heterocycles. The Morgan fingerprint density at radius 2 is 0.895 bits per heavy atom. The Balaban J connectivity index is 0.990. The molecular formula is C37H47N. The quantitative estimate of drug-likeness (QED) is 0.429. The molecule has 11 rings (SSSR count). The first-order valence-corrected chi connectivity index (χ1v) is 16.7. The zero-order valence-electron chi connectivity index (χ0n) is 23.2. The van der Waals surface area contributed by atoms with Crippen LogP contribution in [0.3, 0.4) is 0 Å². The number of nitrogens with one attached hydrogen (secondary N) is 1. The van der Waals surface area contributed by atoms with Gasteiger partial charge >= 0.3 is 0 Å². The van der Waals surface area contributed by atoms with Gasteiger partial charge in [-0.3, -0.25) is 0 Å². The zero-order valence-corrected chi connectivity index (χ0v) is 23.2. The molecule has 8 bridgehead atoms. The van der Waals surface area contributed by atoms with Crippen LogP contribution in [-0.4, -0.2) is 12.6 Å². The molecule has 9 aliphatic rings. The fourth-order valence-electron chi connectivity index (χ4n) is 12.4. The van der Waals surface area contributed by atoms with E-state index < -0.39 is 0 Å². The van der Waals surface area contributed by atoms with Crippen LogP contribution < -0.4 is 5.32 Å². The van der Waals surface area contributed by atoms with Crippen molar-refractivity contribution >= 4 is 0 Å². The highest BCUT2D eigenvalue weighted by Crippen LogP contribution is 2.61. The first kappa shape index (κ1) is 23.1. The Kier molecular flexibility index (Phi) is 5.45. The lowest BCUT2D eigenvalue weighted by Crippen LogP contribution is -2.43. The van der Waals surface area contributed by atoms with E-state index in [2.05, 4.69) is 53.8 Å². The molecular weight excluding hydrogens is 458 g/mol. The lowest BCUT2D eigenvalue weighted by molar-refractivity contribution is -0.00283. The molecule has 0 aromatic heterocycles. The second-order valence-electron chi connectivity index (χ2n) is 15.4. The van der Waals surface area contributed by atoms with Gasteiger partial charge in [0.05, 0.1) is 0 Å². The highest BCUT2D eigenvalue weighted by Gasteiger charge is 2.49. The maximum absolute atomic E-state index is 3.89. The van der Waals surface area contributed by atoms with E-state index in [9.17, 15) is 0 Å². The van der Waals surface area contributed by atoms with Gasteiger partial charge in [-0.05, 0) is 165 Å². The second kappa shape index (κ2) is 8.95. The molecule has 1 atom stereocenters. The van der Waals surface area contributed by atoms with Gasteiger partial charge in [-0.1, -0.05) is 48.5 Å². The number of hydrogen-bond acceptors (Lipinski definition) is 1. The molecule has 2 aromatic rings. The maximum atomic E-state index is 3.89. The summed E-state index contributed by atoms with van der Waals surface area (Å²) in [7, 11) is 0. The third kappa shape index (κ3) is 3.73. The van der Waals surface area contributed by atoms with Crippen LogP contribution in [-0.2, 0) is 0 Å². The van der Waals surface area contributed by atoms with Gasteiger partial charge in [0.2, 0.25) is 0 Å². The third-order valence-corrected chi connectivity index (χ3v) is 13.3. The van der Waals surface area contributed by atoms with Crippen molar-refractivity contribution in [2.45, 2.75) is 101 Å². The molecule has 0 amide bonds. The van der Waals surface area contributed by atoms with Gasteiger partial charge in [-0.15, -0.1) is 0 Å². The largest absolute Gasteiger partial charge is 0.313 e. The van der Waals surface area contributed by atoms with Crippen LogP contribution in [0.1, 0.15) is 117 Å². The van der Waals surface area contributed by atoms with Gasteiger partial charge in [0.25, 0.3) is 0 Å². The van der Waals surface area contributed by atoms with Gasteiger partial charge in [-0.25, -0.2) is 0 Å². The molecule has 1 heterocycles. The van der Waals surface area contributed by atoms with Crippen molar-refractivity contribution in [2.75, 3.05) is 6.54 Å². The van der Waals surface area contributed by atoms with Crippen molar-refractivity contribution in [3.8, 4) is 0 Å². The maximum Gasteiger partial charge on any atom is 0.0243 e. The van der Waals surface area contributed by atoms with Crippen LogP contribution in [0.4, 0.5) is 0 Å².